The van der Waals surface area contributed by atoms with Gasteiger partial charge in [-0.1, -0.05) is 30.3 Å². The van der Waals surface area contributed by atoms with E-state index in [2.05, 4.69) is 22.8 Å². The van der Waals surface area contributed by atoms with Gasteiger partial charge in [-0.25, -0.2) is 4.98 Å². The number of anilines is 2. The van der Waals surface area contributed by atoms with Crippen LogP contribution < -0.4 is 50.2 Å². The number of carboxylic acid groups (broad SMARTS) is 1. The molecular weight excluding hydrogens is 503 g/mol. The van der Waals surface area contributed by atoms with E-state index in [1.54, 1.807) is 49.5 Å². The maximum absolute atomic E-state index is 13.2. The molecule has 5 rings (SSSR count). The van der Waals surface area contributed by atoms with Crippen molar-refractivity contribution in [1.29, 1.82) is 0 Å². The van der Waals surface area contributed by atoms with Gasteiger partial charge in [0.25, 0.3) is 11.8 Å². The smallest absolute Gasteiger partial charge is 0.550 e. The summed E-state index contributed by atoms with van der Waals surface area (Å²) in [5, 5.41) is 17.9. The molecule has 196 valence electrons. The van der Waals surface area contributed by atoms with Gasteiger partial charge < -0.3 is 25.4 Å². The van der Waals surface area contributed by atoms with Gasteiger partial charge in [0, 0.05) is 54.5 Å². The zero-order chi connectivity index (χ0) is 26.6. The van der Waals surface area contributed by atoms with Gasteiger partial charge in [-0.2, -0.15) is 0 Å². The fourth-order valence-corrected chi connectivity index (χ4v) is 5.35. The van der Waals surface area contributed by atoms with Gasteiger partial charge in [-0.15, -0.1) is 0 Å². The molecule has 1 atom stereocenters. The summed E-state index contributed by atoms with van der Waals surface area (Å²) in [5.41, 5.74) is 5.05. The number of hydrogen-bond donors (Lipinski definition) is 2. The Kier molecular flexibility index (Phi) is 9.43. The Balaban J connectivity index is 0.00000353. The van der Waals surface area contributed by atoms with Crippen LogP contribution in [0.5, 0.6) is 0 Å². The first-order chi connectivity index (χ1) is 18.4. The van der Waals surface area contributed by atoms with Crippen molar-refractivity contribution in [2.24, 2.45) is 0 Å². The Morgan fingerprint density at radius 2 is 1.92 bits per heavy atom. The molecule has 1 aromatic heterocycles. The topological polar surface area (TPSA) is 114 Å². The molecule has 0 radical (unpaired) electrons. The molecule has 2 aliphatic heterocycles. The zero-order valence-electron chi connectivity index (χ0n) is 22.5. The number of carbonyl (C=O) groups is 3. The Hall–Kier alpha value is -3.20. The van der Waals surface area contributed by atoms with Crippen LogP contribution in [0.25, 0.3) is 0 Å². The molecular formula is C30H31N4NaO4. The summed E-state index contributed by atoms with van der Waals surface area (Å²) in [6, 6.07) is 16.4. The maximum atomic E-state index is 13.2. The summed E-state index contributed by atoms with van der Waals surface area (Å²) in [4.78, 5) is 43.9. The molecule has 0 fully saturated rings. The number of nitrogens with one attached hydrogen (secondary N) is 2. The summed E-state index contributed by atoms with van der Waals surface area (Å²) in [5.74, 6) is -1.23. The second-order valence-electron chi connectivity index (χ2n) is 9.91. The standard InChI is InChI=1S/C30H32N4O4.Na/c1-34-26-17-20(12-14-23(26)25(18-27(35)36)22-9-2-3-10-24(22)30(34)38)29(37)32-15-5-4-8-21-13-11-19-7-6-16-31-28(19)33-21;/h2-3,9-14,17,25H,4-8,15-16,18H2,1H3,(H,31,33)(H,32,37)(H,35,36);/q;+1/p-1. The number of nitrogens with zero attached hydrogens (tertiary/aromatic N) is 2. The molecule has 2 N–H and O–H groups in total. The third-order valence-electron chi connectivity index (χ3n) is 7.37. The number of amides is 2. The molecule has 0 bridgehead atoms. The fourth-order valence-electron chi connectivity index (χ4n) is 5.35. The van der Waals surface area contributed by atoms with Gasteiger partial charge in [-0.3, -0.25) is 9.59 Å². The molecule has 3 heterocycles. The van der Waals surface area contributed by atoms with Crippen LogP contribution in [0.15, 0.2) is 54.6 Å². The molecule has 0 aliphatic carbocycles. The van der Waals surface area contributed by atoms with Gasteiger partial charge >= 0.3 is 29.6 Å². The van der Waals surface area contributed by atoms with Crippen molar-refractivity contribution in [2.75, 3.05) is 30.4 Å². The van der Waals surface area contributed by atoms with Crippen molar-refractivity contribution in [3.05, 3.63) is 88.1 Å². The molecule has 1 unspecified atom stereocenters. The summed E-state index contributed by atoms with van der Waals surface area (Å²) in [6.07, 6.45) is 4.50. The molecule has 39 heavy (non-hydrogen) atoms. The number of aromatic nitrogens is 1. The number of fused-ring (bicyclic) bond motifs is 3. The molecule has 9 heteroatoms. The van der Waals surface area contributed by atoms with Crippen LogP contribution in [0.3, 0.4) is 0 Å². The van der Waals surface area contributed by atoms with E-state index in [0.717, 1.165) is 50.2 Å². The van der Waals surface area contributed by atoms with Crippen molar-refractivity contribution in [3.8, 4) is 0 Å². The van der Waals surface area contributed by atoms with E-state index in [0.29, 0.717) is 34.5 Å². The van der Waals surface area contributed by atoms with E-state index in [-0.39, 0.29) is 47.8 Å². The van der Waals surface area contributed by atoms with Gasteiger partial charge in [0.2, 0.25) is 0 Å². The predicted octanol–water partition coefficient (Wildman–Crippen LogP) is 0.0583. The first kappa shape index (κ1) is 28.8. The van der Waals surface area contributed by atoms with Crippen molar-refractivity contribution < 1.29 is 49.0 Å². The van der Waals surface area contributed by atoms with Gasteiger partial charge in [0.1, 0.15) is 5.82 Å². The number of unbranched alkanes of at least 4 members (excludes halogenated alkanes) is 1. The minimum Gasteiger partial charge on any atom is -0.550 e. The third kappa shape index (κ3) is 6.35. The SMILES string of the molecule is CN1C(=O)c2ccccc2C(CC(=O)[O-])c2ccc(C(=O)NCCCCc3ccc4c(n3)NCCC4)cc21.[Na+]. The van der Waals surface area contributed by atoms with Crippen LogP contribution in [0.4, 0.5) is 11.5 Å². The molecule has 0 spiro atoms. The number of benzene rings is 2. The second kappa shape index (κ2) is 12.8. The largest absolute Gasteiger partial charge is 1.00 e. The number of carbonyl (C=O) groups excluding carboxylic acids is 3. The first-order valence-electron chi connectivity index (χ1n) is 13.1. The Morgan fingerprint density at radius 1 is 1.10 bits per heavy atom. The van der Waals surface area contributed by atoms with Gasteiger partial charge in [0.05, 0.1) is 0 Å². The van der Waals surface area contributed by atoms with Crippen LogP contribution >= 0.6 is 0 Å². The molecule has 0 saturated heterocycles. The summed E-state index contributed by atoms with van der Waals surface area (Å²) in [7, 11) is 1.64. The van der Waals surface area contributed by atoms with Crippen molar-refractivity contribution in [3.63, 3.8) is 0 Å². The van der Waals surface area contributed by atoms with Crippen molar-refractivity contribution in [2.45, 2.75) is 44.4 Å². The Bertz CT molecular complexity index is 1390. The second-order valence-corrected chi connectivity index (χ2v) is 9.91. The molecule has 2 amide bonds. The summed E-state index contributed by atoms with van der Waals surface area (Å²) >= 11 is 0. The predicted molar refractivity (Wildman–Crippen MR) is 143 cm³/mol. The first-order valence-corrected chi connectivity index (χ1v) is 13.1. The normalized spacial score (nSPS) is 15.6. The van der Waals surface area contributed by atoms with E-state index in [1.807, 2.05) is 0 Å². The average Bonchev–Trinajstić information content (AvgIpc) is 3.01. The van der Waals surface area contributed by atoms with E-state index in [4.69, 9.17) is 4.98 Å². The summed E-state index contributed by atoms with van der Waals surface area (Å²) < 4.78 is 0. The average molecular weight is 535 g/mol. The number of pyridine rings is 1. The maximum Gasteiger partial charge on any atom is 1.00 e. The Labute approximate surface area is 250 Å². The number of carboxylic acids is 1. The van der Waals surface area contributed by atoms with Crippen LogP contribution in [-0.4, -0.2) is 42.9 Å². The molecule has 3 aromatic rings. The number of aliphatic carboxylic acids is 1. The van der Waals surface area contributed by atoms with Crippen molar-refractivity contribution in [1.82, 2.24) is 10.3 Å². The fraction of sp³-hybridized carbons (Fsp3) is 0.333. The van der Waals surface area contributed by atoms with E-state index >= 15 is 0 Å². The quantitative estimate of drug-likeness (QED) is 0.312. The van der Waals surface area contributed by atoms with Crippen LogP contribution in [-0.2, 0) is 17.6 Å². The van der Waals surface area contributed by atoms with Crippen LogP contribution in [0.2, 0.25) is 0 Å². The number of hydrogen-bond acceptors (Lipinski definition) is 6. The van der Waals surface area contributed by atoms with E-state index in [1.165, 1.54) is 10.5 Å². The van der Waals surface area contributed by atoms with E-state index in [9.17, 15) is 19.5 Å². The summed E-state index contributed by atoms with van der Waals surface area (Å²) in [6.45, 7) is 1.49. The number of rotatable bonds is 8. The molecule has 0 saturated carbocycles. The minimum atomic E-state index is -1.20. The van der Waals surface area contributed by atoms with Crippen LogP contribution in [0.1, 0.15) is 74.7 Å². The number of aryl methyl sites for hydroxylation is 2. The molecule has 8 nitrogen and oxygen atoms in total. The third-order valence-corrected chi connectivity index (χ3v) is 7.37. The minimum absolute atomic E-state index is 0. The molecule has 2 aromatic carbocycles. The Morgan fingerprint density at radius 3 is 2.74 bits per heavy atom. The van der Waals surface area contributed by atoms with E-state index < -0.39 is 11.9 Å². The van der Waals surface area contributed by atoms with Gasteiger partial charge in [0.15, 0.2) is 0 Å². The monoisotopic (exact) mass is 534 g/mol. The van der Waals surface area contributed by atoms with Gasteiger partial charge in [-0.05, 0) is 79.5 Å². The molecule has 2 aliphatic rings. The zero-order valence-corrected chi connectivity index (χ0v) is 24.5. The van der Waals surface area contributed by atoms with Crippen molar-refractivity contribution >= 4 is 29.3 Å². The van der Waals surface area contributed by atoms with Crippen LogP contribution in [0, 0.1) is 0 Å².